The van der Waals surface area contributed by atoms with Gasteiger partial charge < -0.3 is 5.73 Å². The van der Waals surface area contributed by atoms with E-state index < -0.39 is 6.03 Å². The summed E-state index contributed by atoms with van der Waals surface area (Å²) in [5, 5.41) is 11.5. The quantitative estimate of drug-likeness (QED) is 0.668. The Morgan fingerprint density at radius 2 is 2.26 bits per heavy atom. The predicted molar refractivity (Wildman–Crippen MR) is 75.3 cm³/mol. The molecule has 100 valence electrons. The van der Waals surface area contributed by atoms with E-state index in [9.17, 15) is 10.0 Å². The van der Waals surface area contributed by atoms with Gasteiger partial charge in [-0.2, -0.15) is 0 Å². The molecule has 0 aliphatic heterocycles. The second-order valence-electron chi connectivity index (χ2n) is 5.12. The molecular formula is C14H16N2O2S. The Morgan fingerprint density at radius 1 is 1.53 bits per heavy atom. The van der Waals surface area contributed by atoms with E-state index in [4.69, 9.17) is 5.73 Å². The molecule has 0 saturated heterocycles. The molecule has 0 spiro atoms. The van der Waals surface area contributed by atoms with Crippen LogP contribution in [0, 0.1) is 5.92 Å². The lowest BCUT2D eigenvalue weighted by Crippen LogP contribution is -2.40. The molecule has 1 aromatic heterocycles. The van der Waals surface area contributed by atoms with E-state index >= 15 is 0 Å². The summed E-state index contributed by atoms with van der Waals surface area (Å²) in [4.78, 5) is 12.3. The van der Waals surface area contributed by atoms with Crippen LogP contribution in [0.4, 0.5) is 4.79 Å². The van der Waals surface area contributed by atoms with Crippen LogP contribution in [-0.2, 0) is 0 Å². The van der Waals surface area contributed by atoms with Crippen molar-refractivity contribution in [3.63, 3.8) is 0 Å². The minimum Gasteiger partial charge on any atom is -0.350 e. The second-order valence-corrected chi connectivity index (χ2v) is 6.23. The number of fused-ring (bicyclic) bond motifs is 1. The minimum absolute atomic E-state index is 0.229. The standard InChI is InChI=1S/C14H16N2O2S/c1-8(16(18)14(15)17)10-7-11(10)13-6-9-4-2-3-5-12(9)19-13/h2-6,8,10-11,18H,7H2,1H3,(H2,15,17)/t8?,10-,11+/m0/s1. The Hall–Kier alpha value is -1.59. The van der Waals surface area contributed by atoms with Crippen LogP contribution in [0.5, 0.6) is 0 Å². The average molecular weight is 276 g/mol. The monoisotopic (exact) mass is 276 g/mol. The maximum Gasteiger partial charge on any atom is 0.338 e. The summed E-state index contributed by atoms with van der Waals surface area (Å²) in [7, 11) is 0. The highest BCUT2D eigenvalue weighted by atomic mass is 32.1. The predicted octanol–water partition coefficient (Wildman–Crippen LogP) is 3.16. The van der Waals surface area contributed by atoms with E-state index in [1.54, 1.807) is 11.3 Å². The summed E-state index contributed by atoms with van der Waals surface area (Å²) < 4.78 is 1.28. The molecule has 1 fully saturated rings. The molecule has 2 aromatic rings. The Kier molecular flexibility index (Phi) is 2.95. The van der Waals surface area contributed by atoms with E-state index in [1.807, 2.05) is 19.1 Å². The average Bonchev–Trinajstić information content (AvgIpc) is 3.08. The molecule has 3 atom stereocenters. The van der Waals surface area contributed by atoms with E-state index in [0.717, 1.165) is 6.42 Å². The molecule has 1 aliphatic carbocycles. The minimum atomic E-state index is -0.783. The Labute approximate surface area is 115 Å². The van der Waals surface area contributed by atoms with E-state index in [2.05, 4.69) is 18.2 Å². The molecule has 1 aromatic carbocycles. The zero-order valence-electron chi connectivity index (χ0n) is 10.6. The number of carbonyl (C=O) groups excluding carboxylic acids is 1. The maximum absolute atomic E-state index is 11.0. The molecule has 1 heterocycles. The molecule has 1 saturated carbocycles. The number of primary amides is 1. The fraction of sp³-hybridized carbons (Fsp3) is 0.357. The molecule has 1 unspecified atom stereocenters. The smallest absolute Gasteiger partial charge is 0.338 e. The molecule has 0 bridgehead atoms. The van der Waals surface area contributed by atoms with Crippen LogP contribution in [0.2, 0.25) is 0 Å². The molecule has 0 radical (unpaired) electrons. The molecule has 19 heavy (non-hydrogen) atoms. The summed E-state index contributed by atoms with van der Waals surface area (Å²) in [5.41, 5.74) is 5.09. The van der Waals surface area contributed by atoms with Crippen molar-refractivity contribution < 1.29 is 10.0 Å². The zero-order chi connectivity index (χ0) is 13.6. The zero-order valence-corrected chi connectivity index (χ0v) is 11.4. The van der Waals surface area contributed by atoms with Gasteiger partial charge in [-0.15, -0.1) is 11.3 Å². The summed E-state index contributed by atoms with van der Waals surface area (Å²) in [6.45, 7) is 1.84. The SMILES string of the molecule is CC([C@@H]1C[C@H]1c1cc2ccccc2s1)N(O)C(N)=O. The molecular weight excluding hydrogens is 260 g/mol. The van der Waals surface area contributed by atoms with Gasteiger partial charge in [-0.1, -0.05) is 18.2 Å². The van der Waals surface area contributed by atoms with E-state index in [1.165, 1.54) is 15.0 Å². The highest BCUT2D eigenvalue weighted by Crippen LogP contribution is 2.53. The van der Waals surface area contributed by atoms with Crippen molar-refractivity contribution in [2.24, 2.45) is 11.7 Å². The number of hydrogen-bond acceptors (Lipinski definition) is 3. The second kappa shape index (κ2) is 4.51. The van der Waals surface area contributed by atoms with Crippen LogP contribution < -0.4 is 5.73 Å². The number of amides is 2. The molecule has 5 heteroatoms. The van der Waals surface area contributed by atoms with Crippen LogP contribution in [-0.4, -0.2) is 22.3 Å². The number of benzene rings is 1. The van der Waals surface area contributed by atoms with E-state index in [-0.39, 0.29) is 6.04 Å². The van der Waals surface area contributed by atoms with Crippen LogP contribution in [0.3, 0.4) is 0 Å². The third-order valence-corrected chi connectivity index (χ3v) is 5.13. The van der Waals surface area contributed by atoms with Crippen LogP contribution in [0.25, 0.3) is 10.1 Å². The van der Waals surface area contributed by atoms with Gasteiger partial charge in [0.2, 0.25) is 0 Å². The Balaban J connectivity index is 1.77. The summed E-state index contributed by atoms with van der Waals surface area (Å²) in [6, 6.07) is 9.50. The summed E-state index contributed by atoms with van der Waals surface area (Å²) in [5.74, 6) is 0.729. The van der Waals surface area contributed by atoms with Crippen molar-refractivity contribution in [3.8, 4) is 0 Å². The van der Waals surface area contributed by atoms with Gasteiger partial charge in [-0.3, -0.25) is 5.21 Å². The van der Waals surface area contributed by atoms with Gasteiger partial charge in [0.1, 0.15) is 0 Å². The van der Waals surface area contributed by atoms with Crippen molar-refractivity contribution in [3.05, 3.63) is 35.2 Å². The fourth-order valence-corrected chi connectivity index (χ4v) is 3.90. The summed E-state index contributed by atoms with van der Waals surface area (Å²) >= 11 is 1.79. The molecule has 3 N–H and O–H groups in total. The highest BCUT2D eigenvalue weighted by Gasteiger charge is 2.45. The largest absolute Gasteiger partial charge is 0.350 e. The van der Waals surface area contributed by atoms with E-state index in [0.29, 0.717) is 16.9 Å². The number of nitrogens with zero attached hydrogens (tertiary/aromatic N) is 1. The first kappa shape index (κ1) is 12.4. The normalized spacial score (nSPS) is 23.3. The van der Waals surface area contributed by atoms with Gasteiger partial charge in [0.15, 0.2) is 0 Å². The number of rotatable bonds is 3. The van der Waals surface area contributed by atoms with Gasteiger partial charge in [-0.25, -0.2) is 9.86 Å². The maximum atomic E-state index is 11.0. The van der Waals surface area contributed by atoms with Crippen LogP contribution in [0.15, 0.2) is 30.3 Å². The van der Waals surface area contributed by atoms with Crippen molar-refractivity contribution in [1.29, 1.82) is 0 Å². The molecule has 4 nitrogen and oxygen atoms in total. The van der Waals surface area contributed by atoms with Gasteiger partial charge in [0, 0.05) is 9.58 Å². The van der Waals surface area contributed by atoms with Gasteiger partial charge in [-0.05, 0) is 42.7 Å². The highest BCUT2D eigenvalue weighted by molar-refractivity contribution is 7.19. The van der Waals surface area contributed by atoms with Crippen LogP contribution in [0.1, 0.15) is 24.1 Å². The number of urea groups is 1. The third-order valence-electron chi connectivity index (χ3n) is 3.88. The van der Waals surface area contributed by atoms with Crippen molar-refractivity contribution in [2.45, 2.75) is 25.3 Å². The first-order valence-corrected chi connectivity index (χ1v) is 7.15. The number of thiophene rings is 1. The number of nitrogens with two attached hydrogens (primary N) is 1. The topological polar surface area (TPSA) is 66.6 Å². The summed E-state index contributed by atoms with van der Waals surface area (Å²) in [6.07, 6.45) is 0.998. The fourth-order valence-electron chi connectivity index (χ4n) is 2.64. The Bertz CT molecular complexity index is 592. The van der Waals surface area contributed by atoms with Gasteiger partial charge in [0.05, 0.1) is 6.04 Å². The lowest BCUT2D eigenvalue weighted by molar-refractivity contribution is -0.0759. The first-order chi connectivity index (χ1) is 9.08. The number of hydroxylamine groups is 2. The Morgan fingerprint density at radius 3 is 2.95 bits per heavy atom. The number of carbonyl (C=O) groups is 1. The van der Waals surface area contributed by atoms with Crippen LogP contribution >= 0.6 is 11.3 Å². The third kappa shape index (κ3) is 2.19. The molecule has 2 amide bonds. The van der Waals surface area contributed by atoms with Crippen molar-refractivity contribution >= 4 is 27.5 Å². The van der Waals surface area contributed by atoms with Crippen molar-refractivity contribution in [2.75, 3.05) is 0 Å². The van der Waals surface area contributed by atoms with Gasteiger partial charge in [0.25, 0.3) is 0 Å². The lowest BCUT2D eigenvalue weighted by Gasteiger charge is -2.20. The lowest BCUT2D eigenvalue weighted by atomic mass is 10.1. The molecule has 1 aliphatic rings. The van der Waals surface area contributed by atoms with Crippen molar-refractivity contribution in [1.82, 2.24) is 5.06 Å². The first-order valence-electron chi connectivity index (χ1n) is 6.34. The van der Waals surface area contributed by atoms with Gasteiger partial charge >= 0.3 is 6.03 Å². The molecule has 3 rings (SSSR count). The number of hydrogen-bond donors (Lipinski definition) is 2.